The summed E-state index contributed by atoms with van der Waals surface area (Å²) < 4.78 is 40.3. The lowest BCUT2D eigenvalue weighted by molar-refractivity contribution is -0.141. The molecule has 0 spiro atoms. The molecule has 0 saturated heterocycles. The molecule has 10 heteroatoms. The first-order valence-electron chi connectivity index (χ1n) is 10.3. The second-order valence-corrected chi connectivity index (χ2v) is 9.97. The molecular weight excluding hydrogens is 469 g/mol. The minimum Gasteiger partial charge on any atom is -0.316 e. The van der Waals surface area contributed by atoms with E-state index < -0.39 is 23.0 Å². The Morgan fingerprint density at radius 1 is 1.21 bits per heavy atom. The van der Waals surface area contributed by atoms with E-state index in [1.807, 2.05) is 0 Å². The number of fused-ring (bicyclic) bond motifs is 1. The molecule has 0 fully saturated rings. The third-order valence-corrected chi connectivity index (χ3v) is 7.41. The molecular formula is C23H19F3N4OS2. The number of thioether (sulfide) groups is 1. The van der Waals surface area contributed by atoms with Gasteiger partial charge in [0.25, 0.3) is 0 Å². The number of hydrogen-bond donors (Lipinski definition) is 1. The number of thiophene rings is 1. The lowest BCUT2D eigenvalue weighted by Crippen LogP contribution is -2.23. The topological polar surface area (TPSA) is 78.7 Å². The van der Waals surface area contributed by atoms with Crippen molar-refractivity contribution in [2.75, 3.05) is 5.32 Å². The van der Waals surface area contributed by atoms with Crippen LogP contribution in [0.5, 0.6) is 0 Å². The van der Waals surface area contributed by atoms with Gasteiger partial charge in [-0.3, -0.25) is 4.79 Å². The maximum Gasteiger partial charge on any atom is 0.433 e. The molecule has 5 nitrogen and oxygen atoms in total. The highest BCUT2D eigenvalue weighted by Gasteiger charge is 2.34. The van der Waals surface area contributed by atoms with Gasteiger partial charge in [0.05, 0.1) is 16.5 Å². The van der Waals surface area contributed by atoms with E-state index >= 15 is 0 Å². The Kier molecular flexibility index (Phi) is 6.72. The van der Waals surface area contributed by atoms with Gasteiger partial charge < -0.3 is 5.32 Å². The summed E-state index contributed by atoms with van der Waals surface area (Å²) in [6, 6.07) is 11.6. The van der Waals surface area contributed by atoms with Gasteiger partial charge in [-0.05, 0) is 44.2 Å². The molecule has 1 amide bonds. The van der Waals surface area contributed by atoms with Crippen LogP contribution in [0, 0.1) is 11.3 Å². The lowest BCUT2D eigenvalue weighted by Gasteiger charge is -2.13. The van der Waals surface area contributed by atoms with Crippen molar-refractivity contribution < 1.29 is 18.0 Å². The van der Waals surface area contributed by atoms with Crippen molar-refractivity contribution in [2.45, 2.75) is 49.2 Å². The maximum atomic E-state index is 13.4. The quantitative estimate of drug-likeness (QED) is 0.347. The molecule has 2 heterocycles. The molecule has 0 radical (unpaired) electrons. The molecule has 4 rings (SSSR count). The second kappa shape index (κ2) is 9.53. The number of halogens is 3. The maximum absolute atomic E-state index is 13.4. The molecule has 0 aliphatic heterocycles. The molecule has 170 valence electrons. The lowest BCUT2D eigenvalue weighted by atomic mass is 9.96. The molecule has 1 aromatic carbocycles. The largest absolute Gasteiger partial charge is 0.433 e. The van der Waals surface area contributed by atoms with E-state index in [9.17, 15) is 23.2 Å². The van der Waals surface area contributed by atoms with Gasteiger partial charge in [-0.25, -0.2) is 9.97 Å². The molecule has 1 aliphatic rings. The van der Waals surface area contributed by atoms with Crippen LogP contribution in [0.3, 0.4) is 0 Å². The zero-order valence-electron chi connectivity index (χ0n) is 17.6. The van der Waals surface area contributed by atoms with Crippen molar-refractivity contribution in [3.05, 3.63) is 58.1 Å². The van der Waals surface area contributed by atoms with Gasteiger partial charge in [0.2, 0.25) is 5.91 Å². The van der Waals surface area contributed by atoms with Crippen LogP contribution in [0.2, 0.25) is 0 Å². The summed E-state index contributed by atoms with van der Waals surface area (Å²) in [6.45, 7) is 1.57. The Bertz CT molecular complexity index is 1220. The van der Waals surface area contributed by atoms with Crippen molar-refractivity contribution in [3.63, 3.8) is 0 Å². The van der Waals surface area contributed by atoms with Gasteiger partial charge in [0.1, 0.15) is 16.8 Å². The minimum atomic E-state index is -4.65. The highest BCUT2D eigenvalue weighted by Crippen LogP contribution is 2.38. The summed E-state index contributed by atoms with van der Waals surface area (Å²) in [5, 5.41) is 11.9. The van der Waals surface area contributed by atoms with Crippen LogP contribution < -0.4 is 5.32 Å². The fourth-order valence-corrected chi connectivity index (χ4v) is 5.60. The normalized spacial score (nSPS) is 14.3. The Hall–Kier alpha value is -2.90. The number of carbonyl (C=O) groups excluding carboxylic acids is 1. The highest BCUT2D eigenvalue weighted by atomic mass is 32.2. The molecule has 33 heavy (non-hydrogen) atoms. The van der Waals surface area contributed by atoms with Crippen molar-refractivity contribution in [1.82, 2.24) is 9.97 Å². The van der Waals surface area contributed by atoms with Gasteiger partial charge in [0.15, 0.2) is 5.16 Å². The zero-order chi connectivity index (χ0) is 23.6. The summed E-state index contributed by atoms with van der Waals surface area (Å²) in [5.74, 6) is -0.419. The Labute approximate surface area is 197 Å². The van der Waals surface area contributed by atoms with Crippen LogP contribution in [0.15, 0.2) is 41.6 Å². The third kappa shape index (κ3) is 5.20. The number of aromatic nitrogens is 2. The first-order valence-corrected chi connectivity index (χ1v) is 12.0. The average molecular weight is 489 g/mol. The average Bonchev–Trinajstić information content (AvgIpc) is 3.15. The van der Waals surface area contributed by atoms with Crippen molar-refractivity contribution in [2.24, 2.45) is 0 Å². The fraction of sp³-hybridized carbons (Fsp3) is 0.304. The number of nitrogens with one attached hydrogen (secondary N) is 1. The van der Waals surface area contributed by atoms with Gasteiger partial charge >= 0.3 is 6.18 Å². The molecule has 3 aromatic rings. The van der Waals surface area contributed by atoms with Gasteiger partial charge in [-0.2, -0.15) is 18.4 Å². The summed E-state index contributed by atoms with van der Waals surface area (Å²) in [7, 11) is 0. The predicted molar refractivity (Wildman–Crippen MR) is 122 cm³/mol. The Morgan fingerprint density at radius 3 is 2.64 bits per heavy atom. The molecule has 1 N–H and O–H groups in total. The van der Waals surface area contributed by atoms with Gasteiger partial charge in [0, 0.05) is 10.4 Å². The van der Waals surface area contributed by atoms with E-state index in [0.717, 1.165) is 54.0 Å². The van der Waals surface area contributed by atoms with Gasteiger partial charge in [-0.15, -0.1) is 11.3 Å². The Morgan fingerprint density at radius 2 is 1.94 bits per heavy atom. The number of benzene rings is 1. The summed E-state index contributed by atoms with van der Waals surface area (Å²) >= 11 is 2.25. The SMILES string of the molecule is CC(Sc1nc(-c2ccccc2)cc(C(F)(F)F)n1)C(=O)Nc1sc2c(c1C#N)CCCC2. The number of nitriles is 1. The Balaban J connectivity index is 1.57. The number of hydrogen-bond acceptors (Lipinski definition) is 6. The first-order chi connectivity index (χ1) is 15.8. The highest BCUT2D eigenvalue weighted by molar-refractivity contribution is 8.00. The van der Waals surface area contributed by atoms with Gasteiger partial charge in [-0.1, -0.05) is 42.1 Å². The summed E-state index contributed by atoms with van der Waals surface area (Å²) in [6.07, 6.45) is -0.890. The monoisotopic (exact) mass is 488 g/mol. The fourth-order valence-electron chi connectivity index (χ4n) is 3.58. The van der Waals surface area contributed by atoms with E-state index in [-0.39, 0.29) is 10.9 Å². The van der Waals surface area contributed by atoms with E-state index in [2.05, 4.69) is 21.4 Å². The smallest absolute Gasteiger partial charge is 0.316 e. The number of carbonyl (C=O) groups is 1. The predicted octanol–water partition coefficient (Wildman–Crippen LogP) is 6.09. The number of anilines is 1. The summed E-state index contributed by atoms with van der Waals surface area (Å²) in [4.78, 5) is 21.8. The van der Waals surface area contributed by atoms with Crippen LogP contribution in [-0.4, -0.2) is 21.1 Å². The molecule has 0 bridgehead atoms. The number of aryl methyl sites for hydroxylation is 1. The van der Waals surface area contributed by atoms with Crippen LogP contribution in [-0.2, 0) is 23.8 Å². The minimum absolute atomic E-state index is 0.130. The van der Waals surface area contributed by atoms with Crippen molar-refractivity contribution in [1.29, 1.82) is 5.26 Å². The third-order valence-electron chi connectivity index (χ3n) is 5.24. The molecule has 2 aromatic heterocycles. The van der Waals surface area contributed by atoms with Crippen molar-refractivity contribution >= 4 is 34.0 Å². The molecule has 1 unspecified atom stereocenters. The standard InChI is InChI=1S/C23H19F3N4OS2/c1-13(20(31)30-21-16(12-27)15-9-5-6-10-18(15)33-21)32-22-28-17(14-7-3-2-4-8-14)11-19(29-22)23(24,25)26/h2-4,7-8,11,13H,5-6,9-10H2,1H3,(H,30,31). The zero-order valence-corrected chi connectivity index (χ0v) is 19.2. The van der Waals surface area contributed by atoms with Crippen LogP contribution in [0.25, 0.3) is 11.3 Å². The van der Waals surface area contributed by atoms with Crippen LogP contribution in [0.4, 0.5) is 18.2 Å². The van der Waals surface area contributed by atoms with E-state index in [4.69, 9.17) is 0 Å². The molecule has 0 saturated carbocycles. The van der Waals surface area contributed by atoms with E-state index in [1.54, 1.807) is 37.3 Å². The van der Waals surface area contributed by atoms with E-state index in [1.165, 1.54) is 11.3 Å². The summed E-state index contributed by atoms with van der Waals surface area (Å²) in [5.41, 5.74) is 1.07. The number of rotatable bonds is 5. The van der Waals surface area contributed by atoms with Crippen molar-refractivity contribution in [3.8, 4) is 17.3 Å². The number of alkyl halides is 3. The molecule has 1 aliphatic carbocycles. The molecule has 1 atom stereocenters. The first kappa shape index (κ1) is 23.3. The van der Waals surface area contributed by atoms with Crippen LogP contribution in [0.1, 0.15) is 41.5 Å². The number of nitrogens with zero attached hydrogens (tertiary/aromatic N) is 3. The number of amides is 1. The second-order valence-electron chi connectivity index (χ2n) is 7.56. The van der Waals surface area contributed by atoms with Crippen LogP contribution >= 0.6 is 23.1 Å². The van der Waals surface area contributed by atoms with E-state index in [0.29, 0.717) is 16.1 Å².